The third-order valence-electron chi connectivity index (χ3n) is 2.63. The highest BCUT2D eigenvalue weighted by Crippen LogP contribution is 2.17. The van der Waals surface area contributed by atoms with Gasteiger partial charge in [-0.2, -0.15) is 0 Å². The first-order valence-electron chi connectivity index (χ1n) is 5.39. The van der Waals surface area contributed by atoms with Crippen LogP contribution >= 0.6 is 0 Å². The maximum Gasteiger partial charge on any atom is 0.157 e. The van der Waals surface area contributed by atoms with E-state index in [4.69, 9.17) is 9.47 Å². The summed E-state index contributed by atoms with van der Waals surface area (Å²) in [7, 11) is 0. The Morgan fingerprint density at radius 1 is 1.25 bits per heavy atom. The standard InChI is InChI=1S/C12H16O4/c13-10-8-16-12(14)6-11(10)15-7-9-4-2-1-3-5-9/h1-5,10-14H,6-8H2/t10-,11-,12?/m1/s1. The fraction of sp³-hybridized carbons (Fsp3) is 0.500. The molecule has 0 aromatic heterocycles. The summed E-state index contributed by atoms with van der Waals surface area (Å²) >= 11 is 0. The molecule has 2 rings (SSSR count). The van der Waals surface area contributed by atoms with Crippen LogP contribution in [-0.2, 0) is 16.1 Å². The Kier molecular flexibility index (Phi) is 3.90. The molecule has 0 radical (unpaired) electrons. The van der Waals surface area contributed by atoms with Crippen molar-refractivity contribution in [2.45, 2.75) is 31.5 Å². The predicted molar refractivity (Wildman–Crippen MR) is 57.6 cm³/mol. The fourth-order valence-electron chi connectivity index (χ4n) is 1.70. The van der Waals surface area contributed by atoms with Gasteiger partial charge in [0.15, 0.2) is 6.29 Å². The normalized spacial score (nSPS) is 30.2. The number of ether oxygens (including phenoxy) is 2. The van der Waals surface area contributed by atoms with Crippen molar-refractivity contribution < 1.29 is 19.7 Å². The smallest absolute Gasteiger partial charge is 0.157 e. The highest BCUT2D eigenvalue weighted by atomic mass is 16.6. The Morgan fingerprint density at radius 3 is 2.75 bits per heavy atom. The van der Waals surface area contributed by atoms with Crippen molar-refractivity contribution in [3.05, 3.63) is 35.9 Å². The van der Waals surface area contributed by atoms with Crippen LogP contribution in [0.5, 0.6) is 0 Å². The summed E-state index contributed by atoms with van der Waals surface area (Å²) in [5, 5.41) is 18.9. The summed E-state index contributed by atoms with van der Waals surface area (Å²) in [4.78, 5) is 0. The molecule has 2 N–H and O–H groups in total. The Bertz CT molecular complexity index is 314. The molecule has 1 aromatic carbocycles. The van der Waals surface area contributed by atoms with Crippen LogP contribution in [0, 0.1) is 0 Å². The van der Waals surface area contributed by atoms with Gasteiger partial charge in [-0.15, -0.1) is 0 Å². The topological polar surface area (TPSA) is 58.9 Å². The largest absolute Gasteiger partial charge is 0.388 e. The van der Waals surface area contributed by atoms with Gasteiger partial charge in [-0.3, -0.25) is 0 Å². The quantitative estimate of drug-likeness (QED) is 0.792. The lowest BCUT2D eigenvalue weighted by Gasteiger charge is -2.30. The second-order valence-electron chi connectivity index (χ2n) is 3.93. The molecule has 16 heavy (non-hydrogen) atoms. The Morgan fingerprint density at radius 2 is 2.00 bits per heavy atom. The molecular formula is C12H16O4. The van der Waals surface area contributed by atoms with E-state index >= 15 is 0 Å². The molecule has 1 heterocycles. The van der Waals surface area contributed by atoms with Gasteiger partial charge in [0, 0.05) is 6.42 Å². The molecule has 0 aliphatic carbocycles. The molecule has 1 saturated heterocycles. The zero-order valence-corrected chi connectivity index (χ0v) is 8.95. The van der Waals surface area contributed by atoms with Crippen LogP contribution in [-0.4, -0.2) is 35.3 Å². The second kappa shape index (κ2) is 5.41. The van der Waals surface area contributed by atoms with Crippen molar-refractivity contribution in [3.8, 4) is 0 Å². The molecule has 1 fully saturated rings. The molecular weight excluding hydrogens is 208 g/mol. The van der Waals surface area contributed by atoms with E-state index in [0.29, 0.717) is 13.0 Å². The van der Waals surface area contributed by atoms with Crippen LogP contribution in [0.3, 0.4) is 0 Å². The zero-order valence-electron chi connectivity index (χ0n) is 8.95. The predicted octanol–water partition coefficient (Wildman–Crippen LogP) is 0.671. The Labute approximate surface area is 94.4 Å². The van der Waals surface area contributed by atoms with Crippen molar-refractivity contribution in [2.24, 2.45) is 0 Å². The molecule has 88 valence electrons. The van der Waals surface area contributed by atoms with Gasteiger partial charge in [0.1, 0.15) is 6.10 Å². The van der Waals surface area contributed by atoms with Crippen LogP contribution in [0.2, 0.25) is 0 Å². The fourth-order valence-corrected chi connectivity index (χ4v) is 1.70. The van der Waals surface area contributed by atoms with E-state index in [-0.39, 0.29) is 12.7 Å². The average Bonchev–Trinajstić information content (AvgIpc) is 2.32. The molecule has 0 saturated carbocycles. The van der Waals surface area contributed by atoms with Gasteiger partial charge in [0.05, 0.1) is 19.3 Å². The van der Waals surface area contributed by atoms with Crippen molar-refractivity contribution in [1.29, 1.82) is 0 Å². The van der Waals surface area contributed by atoms with E-state index in [1.807, 2.05) is 30.3 Å². The molecule has 3 atom stereocenters. The number of benzene rings is 1. The lowest BCUT2D eigenvalue weighted by molar-refractivity contribution is -0.207. The van der Waals surface area contributed by atoms with Crippen LogP contribution in [0.15, 0.2) is 30.3 Å². The van der Waals surface area contributed by atoms with Gasteiger partial charge < -0.3 is 19.7 Å². The van der Waals surface area contributed by atoms with Gasteiger partial charge in [-0.1, -0.05) is 30.3 Å². The van der Waals surface area contributed by atoms with E-state index in [1.165, 1.54) is 0 Å². The first-order valence-corrected chi connectivity index (χ1v) is 5.39. The van der Waals surface area contributed by atoms with Crippen LogP contribution < -0.4 is 0 Å². The number of aliphatic hydroxyl groups excluding tert-OH is 2. The summed E-state index contributed by atoms with van der Waals surface area (Å²) in [5.41, 5.74) is 1.05. The van der Waals surface area contributed by atoms with Gasteiger partial charge in [-0.25, -0.2) is 0 Å². The van der Waals surface area contributed by atoms with E-state index in [1.54, 1.807) is 0 Å². The first kappa shape index (κ1) is 11.5. The third kappa shape index (κ3) is 3.02. The summed E-state index contributed by atoms with van der Waals surface area (Å²) in [6, 6.07) is 9.74. The molecule has 4 heteroatoms. The molecule has 0 bridgehead atoms. The summed E-state index contributed by atoms with van der Waals surface area (Å²) < 4.78 is 10.5. The van der Waals surface area contributed by atoms with Crippen molar-refractivity contribution in [3.63, 3.8) is 0 Å². The highest BCUT2D eigenvalue weighted by Gasteiger charge is 2.29. The minimum Gasteiger partial charge on any atom is -0.388 e. The average molecular weight is 224 g/mol. The van der Waals surface area contributed by atoms with E-state index in [0.717, 1.165) is 5.56 Å². The Balaban J connectivity index is 1.85. The lowest BCUT2D eigenvalue weighted by atomic mass is 10.1. The van der Waals surface area contributed by atoms with Crippen LogP contribution in [0.1, 0.15) is 12.0 Å². The maximum absolute atomic E-state index is 9.60. The van der Waals surface area contributed by atoms with Crippen molar-refractivity contribution in [1.82, 2.24) is 0 Å². The van der Waals surface area contributed by atoms with Crippen LogP contribution in [0.4, 0.5) is 0 Å². The number of rotatable bonds is 3. The Hall–Kier alpha value is -0.940. The molecule has 1 aliphatic heterocycles. The maximum atomic E-state index is 9.60. The summed E-state index contributed by atoms with van der Waals surface area (Å²) in [6.45, 7) is 0.565. The van der Waals surface area contributed by atoms with Crippen molar-refractivity contribution >= 4 is 0 Å². The third-order valence-corrected chi connectivity index (χ3v) is 2.63. The molecule has 0 amide bonds. The van der Waals surface area contributed by atoms with Gasteiger partial charge >= 0.3 is 0 Å². The zero-order chi connectivity index (χ0) is 11.4. The second-order valence-corrected chi connectivity index (χ2v) is 3.93. The SMILES string of the molecule is OC1C[C@@H](OCc2ccccc2)[C@H](O)CO1. The minimum absolute atomic E-state index is 0.126. The number of aliphatic hydroxyl groups is 2. The van der Waals surface area contributed by atoms with Gasteiger partial charge in [0.25, 0.3) is 0 Å². The van der Waals surface area contributed by atoms with E-state index in [9.17, 15) is 10.2 Å². The highest BCUT2D eigenvalue weighted by molar-refractivity contribution is 5.13. The summed E-state index contributed by atoms with van der Waals surface area (Å²) in [6.07, 6.45) is -1.53. The number of hydrogen-bond donors (Lipinski definition) is 2. The monoisotopic (exact) mass is 224 g/mol. The molecule has 4 nitrogen and oxygen atoms in total. The number of hydrogen-bond acceptors (Lipinski definition) is 4. The van der Waals surface area contributed by atoms with E-state index < -0.39 is 12.4 Å². The van der Waals surface area contributed by atoms with E-state index in [2.05, 4.69) is 0 Å². The molecule has 1 aromatic rings. The van der Waals surface area contributed by atoms with Gasteiger partial charge in [-0.05, 0) is 5.56 Å². The first-order chi connectivity index (χ1) is 7.75. The molecule has 1 aliphatic rings. The minimum atomic E-state index is -0.829. The van der Waals surface area contributed by atoms with Crippen molar-refractivity contribution in [2.75, 3.05) is 6.61 Å². The van der Waals surface area contributed by atoms with Crippen LogP contribution in [0.25, 0.3) is 0 Å². The molecule has 1 unspecified atom stereocenters. The lowest BCUT2D eigenvalue weighted by Crippen LogP contribution is -2.42. The molecule has 0 spiro atoms. The summed E-state index contributed by atoms with van der Waals surface area (Å²) in [5.74, 6) is 0. The van der Waals surface area contributed by atoms with Gasteiger partial charge in [0.2, 0.25) is 0 Å².